The first kappa shape index (κ1) is 14.5. The van der Waals surface area contributed by atoms with Gasteiger partial charge in [-0.1, -0.05) is 29.8 Å². The fourth-order valence-electron chi connectivity index (χ4n) is 2.05. The molecule has 1 aromatic heterocycles. The molecule has 1 aromatic carbocycles. The first-order chi connectivity index (χ1) is 9.17. The van der Waals surface area contributed by atoms with Crippen LogP contribution >= 0.6 is 27.5 Å². The van der Waals surface area contributed by atoms with Gasteiger partial charge in [-0.25, -0.2) is 4.68 Å². The number of benzene rings is 1. The molecule has 0 saturated heterocycles. The van der Waals surface area contributed by atoms with Gasteiger partial charge in [0.1, 0.15) is 0 Å². The number of rotatable bonds is 5. The summed E-state index contributed by atoms with van der Waals surface area (Å²) in [6.45, 7) is 2.98. The molecule has 0 saturated carbocycles. The van der Waals surface area contributed by atoms with Crippen molar-refractivity contribution in [2.75, 3.05) is 7.05 Å². The molecule has 1 atom stereocenters. The summed E-state index contributed by atoms with van der Waals surface area (Å²) in [7, 11) is 1.92. The first-order valence-electron chi connectivity index (χ1n) is 6.18. The van der Waals surface area contributed by atoms with Crippen LogP contribution in [-0.2, 0) is 6.54 Å². The van der Waals surface area contributed by atoms with Crippen molar-refractivity contribution >= 4 is 27.5 Å². The zero-order chi connectivity index (χ0) is 13.8. The van der Waals surface area contributed by atoms with E-state index in [2.05, 4.69) is 38.5 Å². The summed E-state index contributed by atoms with van der Waals surface area (Å²) in [5.41, 5.74) is 2.14. The summed E-state index contributed by atoms with van der Waals surface area (Å²) < 4.78 is 2.82. The van der Waals surface area contributed by atoms with Gasteiger partial charge in [-0.2, -0.15) is 0 Å². The molecule has 0 aliphatic rings. The van der Waals surface area contributed by atoms with Crippen molar-refractivity contribution in [2.45, 2.75) is 25.9 Å². The maximum Gasteiger partial charge on any atom is 0.0801 e. The molecule has 6 heteroatoms. The van der Waals surface area contributed by atoms with Crippen LogP contribution in [0.15, 0.2) is 28.9 Å². The number of hydrogen-bond acceptors (Lipinski definition) is 3. The second-order valence-electron chi connectivity index (χ2n) is 4.28. The zero-order valence-corrected chi connectivity index (χ0v) is 13.2. The lowest BCUT2D eigenvalue weighted by atomic mass is 10.0. The van der Waals surface area contributed by atoms with Gasteiger partial charge in [-0.05, 0) is 47.1 Å². The molecule has 0 fully saturated rings. The Morgan fingerprint density at radius 3 is 2.89 bits per heavy atom. The molecule has 0 aliphatic carbocycles. The van der Waals surface area contributed by atoms with Gasteiger partial charge >= 0.3 is 0 Å². The predicted octanol–water partition coefficient (Wildman–Crippen LogP) is 3.41. The minimum absolute atomic E-state index is 0.0344. The molecular formula is C13H16BrClN4. The molecule has 1 unspecified atom stereocenters. The second kappa shape index (κ2) is 6.50. The van der Waals surface area contributed by atoms with E-state index in [0.29, 0.717) is 5.02 Å². The van der Waals surface area contributed by atoms with E-state index in [9.17, 15) is 0 Å². The number of nitrogens with zero attached hydrogens (tertiary/aromatic N) is 3. The molecule has 4 nitrogen and oxygen atoms in total. The van der Waals surface area contributed by atoms with Gasteiger partial charge in [0.05, 0.1) is 23.0 Å². The monoisotopic (exact) mass is 342 g/mol. The number of aryl methyl sites for hydroxylation is 1. The highest BCUT2D eigenvalue weighted by Crippen LogP contribution is 2.28. The Kier molecular flexibility index (Phi) is 4.96. The highest BCUT2D eigenvalue weighted by Gasteiger charge is 2.18. The van der Waals surface area contributed by atoms with Crippen molar-refractivity contribution < 1.29 is 0 Å². The van der Waals surface area contributed by atoms with Gasteiger partial charge in [-0.15, -0.1) is 5.10 Å². The van der Waals surface area contributed by atoms with Crippen molar-refractivity contribution in [1.82, 2.24) is 20.3 Å². The Bertz CT molecular complexity index is 555. The Hall–Kier alpha value is -0.910. The van der Waals surface area contributed by atoms with E-state index < -0.39 is 0 Å². The molecule has 1 heterocycles. The van der Waals surface area contributed by atoms with E-state index in [1.807, 2.05) is 29.9 Å². The lowest BCUT2D eigenvalue weighted by Gasteiger charge is -2.18. The Morgan fingerprint density at radius 1 is 1.47 bits per heavy atom. The van der Waals surface area contributed by atoms with E-state index in [1.165, 1.54) is 0 Å². The van der Waals surface area contributed by atoms with Crippen LogP contribution in [0.5, 0.6) is 0 Å². The molecule has 0 amide bonds. The van der Waals surface area contributed by atoms with Crippen LogP contribution < -0.4 is 5.32 Å². The van der Waals surface area contributed by atoms with Crippen molar-refractivity contribution in [3.8, 4) is 0 Å². The van der Waals surface area contributed by atoms with E-state index in [0.717, 1.165) is 28.7 Å². The molecule has 102 valence electrons. The largest absolute Gasteiger partial charge is 0.308 e. The SMILES string of the molecule is CCCn1nncc1C(NC)c1ccc(Br)c(Cl)c1. The molecule has 19 heavy (non-hydrogen) atoms. The molecule has 1 N–H and O–H groups in total. The second-order valence-corrected chi connectivity index (χ2v) is 5.54. The lowest BCUT2D eigenvalue weighted by Crippen LogP contribution is -2.21. The van der Waals surface area contributed by atoms with Crippen LogP contribution in [0.3, 0.4) is 0 Å². The highest BCUT2D eigenvalue weighted by molar-refractivity contribution is 9.10. The van der Waals surface area contributed by atoms with Gasteiger partial charge in [0.15, 0.2) is 0 Å². The van der Waals surface area contributed by atoms with Crippen molar-refractivity contribution in [1.29, 1.82) is 0 Å². The average Bonchev–Trinajstić information content (AvgIpc) is 2.83. The van der Waals surface area contributed by atoms with Crippen LogP contribution in [0.25, 0.3) is 0 Å². The van der Waals surface area contributed by atoms with E-state index >= 15 is 0 Å². The number of halogens is 2. The highest BCUT2D eigenvalue weighted by atomic mass is 79.9. The Balaban J connectivity index is 2.38. The Labute approximate surface area is 126 Å². The van der Waals surface area contributed by atoms with Gasteiger partial charge < -0.3 is 5.32 Å². The molecular weight excluding hydrogens is 328 g/mol. The molecule has 0 aliphatic heterocycles. The van der Waals surface area contributed by atoms with E-state index in [-0.39, 0.29) is 6.04 Å². The van der Waals surface area contributed by atoms with Gasteiger partial charge in [-0.3, -0.25) is 0 Å². The third-order valence-electron chi connectivity index (χ3n) is 2.94. The summed E-state index contributed by atoms with van der Waals surface area (Å²) >= 11 is 9.57. The fourth-order valence-corrected chi connectivity index (χ4v) is 2.49. The maximum atomic E-state index is 6.16. The third kappa shape index (κ3) is 3.16. The fraction of sp³-hybridized carbons (Fsp3) is 0.385. The molecule has 0 bridgehead atoms. The molecule has 0 radical (unpaired) electrons. The quantitative estimate of drug-likeness (QED) is 0.904. The minimum atomic E-state index is 0.0344. The summed E-state index contributed by atoms with van der Waals surface area (Å²) in [5.74, 6) is 0. The topological polar surface area (TPSA) is 42.7 Å². The first-order valence-corrected chi connectivity index (χ1v) is 7.35. The van der Waals surface area contributed by atoms with E-state index in [1.54, 1.807) is 6.20 Å². The van der Waals surface area contributed by atoms with Crippen molar-refractivity contribution in [3.05, 3.63) is 45.1 Å². The van der Waals surface area contributed by atoms with Crippen LogP contribution in [-0.4, -0.2) is 22.0 Å². The van der Waals surface area contributed by atoms with Crippen LogP contribution in [0, 0.1) is 0 Å². The maximum absolute atomic E-state index is 6.16. The minimum Gasteiger partial charge on any atom is -0.308 e. The van der Waals surface area contributed by atoms with Gasteiger partial charge in [0.2, 0.25) is 0 Å². The predicted molar refractivity (Wildman–Crippen MR) is 80.4 cm³/mol. The Morgan fingerprint density at radius 2 is 2.26 bits per heavy atom. The van der Waals surface area contributed by atoms with Gasteiger partial charge in [0, 0.05) is 11.0 Å². The van der Waals surface area contributed by atoms with Crippen LogP contribution in [0.1, 0.15) is 30.6 Å². The third-order valence-corrected chi connectivity index (χ3v) is 4.18. The van der Waals surface area contributed by atoms with Crippen molar-refractivity contribution in [3.63, 3.8) is 0 Å². The van der Waals surface area contributed by atoms with Gasteiger partial charge in [0.25, 0.3) is 0 Å². The zero-order valence-electron chi connectivity index (χ0n) is 10.9. The smallest absolute Gasteiger partial charge is 0.0801 e. The molecule has 2 rings (SSSR count). The number of aromatic nitrogens is 3. The summed E-state index contributed by atoms with van der Waals surface area (Å²) in [6, 6.07) is 5.99. The number of hydrogen-bond donors (Lipinski definition) is 1. The summed E-state index contributed by atoms with van der Waals surface area (Å²) in [5, 5.41) is 12.1. The number of nitrogens with one attached hydrogen (secondary N) is 1. The molecule has 0 spiro atoms. The standard InChI is InChI=1S/C13H16BrClN4/c1-3-6-19-12(8-17-18-19)13(16-2)9-4-5-10(14)11(15)7-9/h4-5,7-8,13,16H,3,6H2,1-2H3. The van der Waals surface area contributed by atoms with Crippen molar-refractivity contribution in [2.24, 2.45) is 0 Å². The average molecular weight is 344 g/mol. The van der Waals surface area contributed by atoms with E-state index in [4.69, 9.17) is 11.6 Å². The lowest BCUT2D eigenvalue weighted by molar-refractivity contribution is 0.523. The summed E-state index contributed by atoms with van der Waals surface area (Å²) in [4.78, 5) is 0. The normalized spacial score (nSPS) is 12.6. The van der Waals surface area contributed by atoms with Crippen LogP contribution in [0.4, 0.5) is 0 Å². The summed E-state index contributed by atoms with van der Waals surface area (Å²) in [6.07, 6.45) is 2.82. The molecule has 2 aromatic rings. The van der Waals surface area contributed by atoms with Crippen LogP contribution in [0.2, 0.25) is 5.02 Å².